The summed E-state index contributed by atoms with van der Waals surface area (Å²) < 4.78 is 18.9. The number of rotatable bonds is 5. The number of hydrogen-bond acceptors (Lipinski definition) is 6. The predicted octanol–water partition coefficient (Wildman–Crippen LogP) is 3.96. The van der Waals surface area contributed by atoms with Gasteiger partial charge in [-0.25, -0.2) is 4.52 Å². The Morgan fingerprint density at radius 3 is 2.72 bits per heavy atom. The molecule has 162 valence electrons. The molecule has 2 aromatic heterocycles. The Morgan fingerprint density at radius 1 is 1.09 bits per heavy atom. The van der Waals surface area contributed by atoms with E-state index in [-0.39, 0.29) is 24.6 Å². The van der Waals surface area contributed by atoms with E-state index in [1.54, 1.807) is 16.6 Å². The van der Waals surface area contributed by atoms with Crippen molar-refractivity contribution < 1.29 is 19.0 Å². The van der Waals surface area contributed by atoms with Gasteiger partial charge >= 0.3 is 0 Å². The first-order chi connectivity index (χ1) is 15.6. The molecule has 0 saturated heterocycles. The van der Waals surface area contributed by atoms with Crippen LogP contribution >= 0.6 is 0 Å². The van der Waals surface area contributed by atoms with Gasteiger partial charge in [0, 0.05) is 17.3 Å². The number of nitrogens with one attached hydrogen (secondary N) is 1. The van der Waals surface area contributed by atoms with Gasteiger partial charge in [0.25, 0.3) is 5.91 Å². The van der Waals surface area contributed by atoms with Crippen molar-refractivity contribution in [1.29, 1.82) is 0 Å². The van der Waals surface area contributed by atoms with Gasteiger partial charge in [-0.1, -0.05) is 30.3 Å². The highest BCUT2D eigenvalue weighted by Gasteiger charge is 2.28. The van der Waals surface area contributed by atoms with Gasteiger partial charge in [0.15, 0.2) is 17.1 Å². The first-order valence-electron chi connectivity index (χ1n) is 10.4. The van der Waals surface area contributed by atoms with E-state index in [2.05, 4.69) is 15.4 Å². The van der Waals surface area contributed by atoms with Gasteiger partial charge in [0.1, 0.15) is 12.4 Å². The molecule has 32 heavy (non-hydrogen) atoms. The van der Waals surface area contributed by atoms with Crippen LogP contribution in [-0.4, -0.2) is 39.3 Å². The summed E-state index contributed by atoms with van der Waals surface area (Å²) in [7, 11) is 0. The van der Waals surface area contributed by atoms with E-state index in [0.29, 0.717) is 17.1 Å². The number of carbonyl (C=O) groups is 1. The van der Waals surface area contributed by atoms with Gasteiger partial charge in [0.2, 0.25) is 12.1 Å². The van der Waals surface area contributed by atoms with Gasteiger partial charge < -0.3 is 14.2 Å². The number of anilines is 1. The first kappa shape index (κ1) is 19.9. The molecule has 1 amide bonds. The minimum atomic E-state index is -0.785. The van der Waals surface area contributed by atoms with E-state index in [4.69, 9.17) is 14.2 Å². The van der Waals surface area contributed by atoms with E-state index in [1.807, 2.05) is 68.6 Å². The molecule has 0 aliphatic carbocycles. The van der Waals surface area contributed by atoms with Crippen molar-refractivity contribution in [3.63, 3.8) is 0 Å². The Labute approximate surface area is 184 Å². The molecule has 2 aromatic carbocycles. The van der Waals surface area contributed by atoms with Crippen LogP contribution in [0.2, 0.25) is 0 Å². The average molecular weight is 430 g/mol. The zero-order valence-electron chi connectivity index (χ0n) is 17.7. The molecular formula is C24H22N4O4. The Balaban J connectivity index is 1.36. The van der Waals surface area contributed by atoms with E-state index in [9.17, 15) is 4.79 Å². The molecule has 5 rings (SSSR count). The van der Waals surface area contributed by atoms with Crippen molar-refractivity contribution in [2.75, 3.05) is 11.9 Å². The standard InChI is InChI=1S/C24H22N4O4/c1-15(2)31-18-8-4-3-7-17(18)16-11-12-22-25-24(27-28(22)13-16)26-23(29)21-14-30-19-9-5-6-10-20(19)32-21/h3-13,15,21H,14H2,1-2H3,(H,26,27,29)/t21-/m1/s1. The zero-order chi connectivity index (χ0) is 22.1. The van der Waals surface area contributed by atoms with Crippen LogP contribution in [0.15, 0.2) is 66.9 Å². The van der Waals surface area contributed by atoms with Gasteiger partial charge in [-0.05, 0) is 44.2 Å². The molecule has 0 unspecified atom stereocenters. The van der Waals surface area contributed by atoms with Gasteiger partial charge in [-0.3, -0.25) is 10.1 Å². The first-order valence-corrected chi connectivity index (χ1v) is 10.4. The lowest BCUT2D eigenvalue weighted by molar-refractivity contribution is -0.125. The molecular weight excluding hydrogens is 408 g/mol. The van der Waals surface area contributed by atoms with E-state index in [1.165, 1.54) is 0 Å². The van der Waals surface area contributed by atoms with Crippen LogP contribution in [0.3, 0.4) is 0 Å². The van der Waals surface area contributed by atoms with Crippen LogP contribution in [0.4, 0.5) is 5.95 Å². The number of para-hydroxylation sites is 3. The topological polar surface area (TPSA) is 87.0 Å². The van der Waals surface area contributed by atoms with Gasteiger partial charge in [-0.15, -0.1) is 5.10 Å². The highest BCUT2D eigenvalue weighted by atomic mass is 16.6. The molecule has 1 N–H and O–H groups in total. The quantitative estimate of drug-likeness (QED) is 0.516. The number of carbonyl (C=O) groups excluding carboxylic acids is 1. The summed E-state index contributed by atoms with van der Waals surface area (Å²) >= 11 is 0. The van der Waals surface area contributed by atoms with Crippen LogP contribution in [0, 0.1) is 0 Å². The molecule has 0 fully saturated rings. The number of hydrogen-bond donors (Lipinski definition) is 1. The fraction of sp³-hybridized carbons (Fsp3) is 0.208. The summed E-state index contributed by atoms with van der Waals surface area (Å²) in [6.45, 7) is 4.10. The molecule has 8 nitrogen and oxygen atoms in total. The minimum Gasteiger partial charge on any atom is -0.490 e. The van der Waals surface area contributed by atoms with E-state index >= 15 is 0 Å². The fourth-order valence-electron chi connectivity index (χ4n) is 3.50. The molecule has 0 saturated carbocycles. The van der Waals surface area contributed by atoms with Crippen molar-refractivity contribution >= 4 is 17.5 Å². The van der Waals surface area contributed by atoms with Crippen LogP contribution in [0.25, 0.3) is 16.8 Å². The third-order valence-electron chi connectivity index (χ3n) is 4.93. The SMILES string of the molecule is CC(C)Oc1ccccc1-c1ccc2nc(NC(=O)[C@H]3COc4ccccc4O3)nn2c1. The van der Waals surface area contributed by atoms with Crippen LogP contribution in [-0.2, 0) is 4.79 Å². The summed E-state index contributed by atoms with van der Waals surface area (Å²) in [5.74, 6) is 1.78. The van der Waals surface area contributed by atoms with E-state index in [0.717, 1.165) is 16.9 Å². The summed E-state index contributed by atoms with van der Waals surface area (Å²) in [6.07, 6.45) is 1.13. The average Bonchev–Trinajstić information content (AvgIpc) is 3.20. The Kier molecular flexibility index (Phi) is 5.10. The summed E-state index contributed by atoms with van der Waals surface area (Å²) in [4.78, 5) is 17.1. The highest BCUT2D eigenvalue weighted by molar-refractivity contribution is 5.93. The second kappa shape index (κ2) is 8.22. The smallest absolute Gasteiger partial charge is 0.271 e. The number of fused-ring (bicyclic) bond motifs is 2. The molecule has 1 aliphatic rings. The molecule has 1 aliphatic heterocycles. The second-order valence-electron chi connectivity index (χ2n) is 7.67. The van der Waals surface area contributed by atoms with Crippen LogP contribution in [0.1, 0.15) is 13.8 Å². The maximum absolute atomic E-state index is 12.7. The molecule has 1 atom stereocenters. The zero-order valence-corrected chi connectivity index (χ0v) is 17.7. The summed E-state index contributed by atoms with van der Waals surface area (Å²) in [5.41, 5.74) is 2.49. The molecule has 0 radical (unpaired) electrons. The van der Waals surface area contributed by atoms with Crippen molar-refractivity contribution in [1.82, 2.24) is 14.6 Å². The lowest BCUT2D eigenvalue weighted by atomic mass is 10.1. The Bertz CT molecular complexity index is 1280. The van der Waals surface area contributed by atoms with Crippen molar-refractivity contribution in [2.45, 2.75) is 26.1 Å². The monoisotopic (exact) mass is 430 g/mol. The number of aromatic nitrogens is 3. The number of nitrogens with zero attached hydrogens (tertiary/aromatic N) is 3. The number of ether oxygens (including phenoxy) is 3. The summed E-state index contributed by atoms with van der Waals surface area (Å²) in [5, 5.41) is 7.12. The van der Waals surface area contributed by atoms with Crippen molar-refractivity contribution in [3.05, 3.63) is 66.9 Å². The molecule has 3 heterocycles. The Morgan fingerprint density at radius 2 is 1.88 bits per heavy atom. The predicted molar refractivity (Wildman–Crippen MR) is 119 cm³/mol. The minimum absolute atomic E-state index is 0.0611. The number of pyridine rings is 1. The lowest BCUT2D eigenvalue weighted by Crippen LogP contribution is -2.40. The maximum Gasteiger partial charge on any atom is 0.271 e. The van der Waals surface area contributed by atoms with Gasteiger partial charge in [0.05, 0.1) is 6.10 Å². The van der Waals surface area contributed by atoms with Crippen molar-refractivity contribution in [2.24, 2.45) is 0 Å². The maximum atomic E-state index is 12.7. The normalized spacial score (nSPS) is 15.0. The van der Waals surface area contributed by atoms with Crippen LogP contribution < -0.4 is 19.5 Å². The molecule has 0 spiro atoms. The highest BCUT2D eigenvalue weighted by Crippen LogP contribution is 2.32. The van der Waals surface area contributed by atoms with E-state index < -0.39 is 6.10 Å². The third kappa shape index (κ3) is 3.94. The molecule has 0 bridgehead atoms. The number of amides is 1. The molecule has 4 aromatic rings. The number of benzene rings is 2. The fourth-order valence-corrected chi connectivity index (χ4v) is 3.50. The second-order valence-corrected chi connectivity index (χ2v) is 7.67. The Hall–Kier alpha value is -4.07. The van der Waals surface area contributed by atoms with Crippen LogP contribution in [0.5, 0.6) is 17.2 Å². The third-order valence-corrected chi connectivity index (χ3v) is 4.93. The molecule has 8 heteroatoms. The largest absolute Gasteiger partial charge is 0.490 e. The lowest BCUT2D eigenvalue weighted by Gasteiger charge is -2.25. The van der Waals surface area contributed by atoms with Crippen molar-refractivity contribution in [3.8, 4) is 28.4 Å². The summed E-state index contributed by atoms with van der Waals surface area (Å²) in [6, 6.07) is 18.9. The van der Waals surface area contributed by atoms with Gasteiger partial charge in [-0.2, -0.15) is 4.98 Å².